The van der Waals surface area contributed by atoms with Gasteiger partial charge < -0.3 is 9.80 Å². The van der Waals surface area contributed by atoms with Crippen molar-refractivity contribution in [2.24, 2.45) is 0 Å². The van der Waals surface area contributed by atoms with Gasteiger partial charge in [0.25, 0.3) is 0 Å². The van der Waals surface area contributed by atoms with E-state index >= 15 is 0 Å². The van der Waals surface area contributed by atoms with Crippen LogP contribution in [0.4, 0.5) is 20.5 Å². The molecule has 0 unspecified atom stereocenters. The maximum absolute atomic E-state index is 14.2. The lowest BCUT2D eigenvalue weighted by atomic mass is 10.3. The highest BCUT2D eigenvalue weighted by molar-refractivity contribution is 5.44. The van der Waals surface area contributed by atoms with Gasteiger partial charge in [-0.2, -0.15) is 0 Å². The van der Waals surface area contributed by atoms with Crippen molar-refractivity contribution in [2.75, 3.05) is 36.0 Å². The molecule has 0 saturated carbocycles. The minimum absolute atomic E-state index is 0.338. The number of aromatic nitrogens is 4. The Hall–Kier alpha value is -2.38. The van der Waals surface area contributed by atoms with Crippen LogP contribution in [0.25, 0.3) is 0 Å². The second-order valence-electron chi connectivity index (χ2n) is 5.17. The lowest BCUT2D eigenvalue weighted by Crippen LogP contribution is -2.47. The summed E-state index contributed by atoms with van der Waals surface area (Å²) < 4.78 is 27.0. The Balaban J connectivity index is 1.73. The van der Waals surface area contributed by atoms with E-state index in [2.05, 4.69) is 19.9 Å². The molecule has 0 bridgehead atoms. The number of aryl methyl sites for hydroxylation is 2. The highest BCUT2D eigenvalue weighted by Crippen LogP contribution is 2.21. The van der Waals surface area contributed by atoms with E-state index in [0.29, 0.717) is 49.5 Å². The third-order valence-corrected chi connectivity index (χ3v) is 3.58. The van der Waals surface area contributed by atoms with Crippen LogP contribution in [-0.2, 0) is 0 Å². The third-order valence-electron chi connectivity index (χ3n) is 3.58. The molecule has 1 saturated heterocycles. The Bertz CT molecular complexity index is 668. The highest BCUT2D eigenvalue weighted by Gasteiger charge is 2.23. The van der Waals surface area contributed by atoms with Gasteiger partial charge in [-0.3, -0.25) is 0 Å². The Morgan fingerprint density at radius 2 is 1.50 bits per heavy atom. The van der Waals surface area contributed by atoms with Crippen molar-refractivity contribution in [2.45, 2.75) is 13.8 Å². The summed E-state index contributed by atoms with van der Waals surface area (Å²) in [7, 11) is 0. The smallest absolute Gasteiger partial charge is 0.225 e. The molecule has 1 aliphatic heterocycles. The fraction of sp³-hybridized carbons (Fsp3) is 0.429. The number of nitrogens with zero attached hydrogens (tertiary/aromatic N) is 6. The van der Waals surface area contributed by atoms with E-state index in [9.17, 15) is 8.78 Å². The molecule has 0 radical (unpaired) electrons. The average molecular weight is 306 g/mol. The molecule has 1 fully saturated rings. The minimum Gasteiger partial charge on any atom is -0.351 e. The number of halogens is 2. The molecule has 6 nitrogen and oxygen atoms in total. The molecule has 2 aromatic heterocycles. The maximum Gasteiger partial charge on any atom is 0.225 e. The van der Waals surface area contributed by atoms with Crippen LogP contribution in [0.15, 0.2) is 12.4 Å². The average Bonchev–Trinajstić information content (AvgIpc) is 2.52. The summed E-state index contributed by atoms with van der Waals surface area (Å²) in [6.45, 7) is 5.80. The van der Waals surface area contributed by atoms with E-state index < -0.39 is 5.82 Å². The first-order chi connectivity index (χ1) is 10.5. The van der Waals surface area contributed by atoms with Gasteiger partial charge in [0.05, 0.1) is 18.1 Å². The van der Waals surface area contributed by atoms with E-state index in [-0.39, 0.29) is 5.82 Å². The largest absolute Gasteiger partial charge is 0.351 e. The number of piperazine rings is 1. The Kier molecular flexibility index (Phi) is 3.82. The van der Waals surface area contributed by atoms with Crippen LogP contribution in [0.3, 0.4) is 0 Å². The molecule has 0 aromatic carbocycles. The zero-order valence-corrected chi connectivity index (χ0v) is 12.4. The number of anilines is 2. The van der Waals surface area contributed by atoms with Crippen molar-refractivity contribution in [3.05, 3.63) is 35.5 Å². The molecular formula is C14H16F2N6. The standard InChI is InChI=1S/C14H16F2N6/c1-9-12(16)13(20-10(2)19-9)21-3-5-22(6-4-21)14-17-7-11(15)8-18-14/h7-8H,3-6H2,1-2H3. The SMILES string of the molecule is Cc1nc(C)c(F)c(N2CCN(c3ncc(F)cn3)CC2)n1. The summed E-state index contributed by atoms with van der Waals surface area (Å²) in [4.78, 5) is 20.0. The fourth-order valence-corrected chi connectivity index (χ4v) is 2.48. The summed E-state index contributed by atoms with van der Waals surface area (Å²) in [6, 6.07) is 0. The fourth-order valence-electron chi connectivity index (χ4n) is 2.48. The van der Waals surface area contributed by atoms with Crippen molar-refractivity contribution in [1.82, 2.24) is 19.9 Å². The van der Waals surface area contributed by atoms with Gasteiger partial charge in [0.1, 0.15) is 5.82 Å². The molecule has 3 heterocycles. The van der Waals surface area contributed by atoms with Gasteiger partial charge in [0.2, 0.25) is 5.95 Å². The van der Waals surface area contributed by atoms with Crippen LogP contribution in [0.5, 0.6) is 0 Å². The normalized spacial score (nSPS) is 15.3. The summed E-state index contributed by atoms with van der Waals surface area (Å²) in [5.74, 6) is 0.535. The minimum atomic E-state index is -0.462. The second kappa shape index (κ2) is 5.78. The summed E-state index contributed by atoms with van der Waals surface area (Å²) in [5, 5.41) is 0. The van der Waals surface area contributed by atoms with Gasteiger partial charge in [-0.25, -0.2) is 28.7 Å². The summed E-state index contributed by atoms with van der Waals surface area (Å²) in [5.41, 5.74) is 0.354. The van der Waals surface area contributed by atoms with Crippen molar-refractivity contribution < 1.29 is 8.78 Å². The Morgan fingerprint density at radius 1 is 0.909 bits per heavy atom. The van der Waals surface area contributed by atoms with Crippen LogP contribution in [-0.4, -0.2) is 46.1 Å². The molecule has 1 aliphatic rings. The van der Waals surface area contributed by atoms with E-state index in [0.717, 1.165) is 12.4 Å². The molecule has 22 heavy (non-hydrogen) atoms. The molecule has 3 rings (SSSR count). The molecule has 0 atom stereocenters. The molecule has 0 spiro atoms. The van der Waals surface area contributed by atoms with Gasteiger partial charge in [0.15, 0.2) is 17.5 Å². The number of hydrogen-bond donors (Lipinski definition) is 0. The van der Waals surface area contributed by atoms with Crippen LogP contribution in [0.1, 0.15) is 11.5 Å². The number of rotatable bonds is 2. The molecule has 116 valence electrons. The zero-order valence-electron chi connectivity index (χ0n) is 12.4. The first-order valence-corrected chi connectivity index (χ1v) is 7.03. The molecule has 2 aromatic rings. The first-order valence-electron chi connectivity index (χ1n) is 7.03. The number of hydrogen-bond acceptors (Lipinski definition) is 6. The lowest BCUT2D eigenvalue weighted by Gasteiger charge is -2.35. The topological polar surface area (TPSA) is 58.0 Å². The van der Waals surface area contributed by atoms with Gasteiger partial charge in [-0.1, -0.05) is 0 Å². The van der Waals surface area contributed by atoms with Crippen molar-refractivity contribution >= 4 is 11.8 Å². The van der Waals surface area contributed by atoms with E-state index in [1.165, 1.54) is 0 Å². The van der Waals surface area contributed by atoms with E-state index in [1.807, 2.05) is 9.80 Å². The quantitative estimate of drug-likeness (QED) is 0.838. The van der Waals surface area contributed by atoms with Crippen LogP contribution in [0.2, 0.25) is 0 Å². The van der Waals surface area contributed by atoms with Crippen LogP contribution < -0.4 is 9.80 Å². The maximum atomic E-state index is 14.2. The van der Waals surface area contributed by atoms with Gasteiger partial charge in [0, 0.05) is 26.2 Å². The van der Waals surface area contributed by atoms with E-state index in [1.54, 1.807) is 13.8 Å². The van der Waals surface area contributed by atoms with Crippen molar-refractivity contribution in [3.63, 3.8) is 0 Å². The zero-order chi connectivity index (χ0) is 15.7. The van der Waals surface area contributed by atoms with Crippen molar-refractivity contribution in [1.29, 1.82) is 0 Å². The first kappa shape index (κ1) is 14.6. The Labute approximate surface area is 126 Å². The molecule has 0 N–H and O–H groups in total. The summed E-state index contributed by atoms with van der Waals surface area (Å²) >= 11 is 0. The van der Waals surface area contributed by atoms with Crippen LogP contribution >= 0.6 is 0 Å². The molecule has 8 heteroatoms. The van der Waals surface area contributed by atoms with Gasteiger partial charge in [-0.15, -0.1) is 0 Å². The lowest BCUT2D eigenvalue weighted by molar-refractivity contribution is 0.567. The van der Waals surface area contributed by atoms with Crippen molar-refractivity contribution in [3.8, 4) is 0 Å². The third kappa shape index (κ3) is 2.81. The van der Waals surface area contributed by atoms with Gasteiger partial charge in [-0.05, 0) is 13.8 Å². The summed E-state index contributed by atoms with van der Waals surface area (Å²) in [6.07, 6.45) is 2.29. The van der Waals surface area contributed by atoms with Crippen LogP contribution in [0, 0.1) is 25.5 Å². The van der Waals surface area contributed by atoms with E-state index in [4.69, 9.17) is 0 Å². The highest BCUT2D eigenvalue weighted by atomic mass is 19.1. The predicted octanol–water partition coefficient (Wildman–Crippen LogP) is 1.49. The predicted molar refractivity (Wildman–Crippen MR) is 77.9 cm³/mol. The monoisotopic (exact) mass is 306 g/mol. The second-order valence-corrected chi connectivity index (χ2v) is 5.17. The molecular weight excluding hydrogens is 290 g/mol. The molecule has 0 amide bonds. The van der Waals surface area contributed by atoms with Gasteiger partial charge >= 0.3 is 0 Å². The Morgan fingerprint density at radius 3 is 2.14 bits per heavy atom. The molecule has 0 aliphatic carbocycles.